The van der Waals surface area contributed by atoms with Crippen LogP contribution in [0.1, 0.15) is 29.9 Å². The molecule has 1 aliphatic rings. The molecule has 0 radical (unpaired) electrons. The lowest BCUT2D eigenvalue weighted by Crippen LogP contribution is -2.24. The van der Waals surface area contributed by atoms with Crippen LogP contribution in [0.15, 0.2) is 24.3 Å². The second-order valence-corrected chi connectivity index (χ2v) is 5.52. The molecule has 0 aliphatic carbocycles. The smallest absolute Gasteiger partial charge is 0.108 e. The quantitative estimate of drug-likeness (QED) is 0.885. The van der Waals surface area contributed by atoms with Gasteiger partial charge in [0.15, 0.2) is 0 Å². The van der Waals surface area contributed by atoms with Crippen LogP contribution in [-0.4, -0.2) is 22.6 Å². The van der Waals surface area contributed by atoms with Gasteiger partial charge in [-0.15, -0.1) is 0 Å². The third-order valence-corrected chi connectivity index (χ3v) is 3.86. The highest BCUT2D eigenvalue weighted by Crippen LogP contribution is 2.22. The minimum Gasteiger partial charge on any atom is -0.346 e. The summed E-state index contributed by atoms with van der Waals surface area (Å²) >= 11 is 0. The van der Waals surface area contributed by atoms with E-state index in [9.17, 15) is 0 Å². The third kappa shape index (κ3) is 2.71. The summed E-state index contributed by atoms with van der Waals surface area (Å²) in [6.45, 7) is 5.36. The molecular formula is C16H21N3. The van der Waals surface area contributed by atoms with Crippen LogP contribution in [0.4, 0.5) is 0 Å². The molecule has 1 unspecified atom stereocenters. The first-order valence-corrected chi connectivity index (χ1v) is 7.08. The zero-order valence-electron chi connectivity index (χ0n) is 11.7. The van der Waals surface area contributed by atoms with Gasteiger partial charge in [0.2, 0.25) is 0 Å². The highest BCUT2D eigenvalue weighted by atomic mass is 15.0. The van der Waals surface area contributed by atoms with Gasteiger partial charge < -0.3 is 10.3 Å². The Hall–Kier alpha value is -1.61. The number of rotatable bonds is 3. The number of H-pyrrole nitrogens is 1. The van der Waals surface area contributed by atoms with Crippen LogP contribution in [0.3, 0.4) is 0 Å². The summed E-state index contributed by atoms with van der Waals surface area (Å²) in [4.78, 5) is 8.21. The van der Waals surface area contributed by atoms with Crippen LogP contribution in [0.2, 0.25) is 0 Å². The maximum absolute atomic E-state index is 4.78. The summed E-state index contributed by atoms with van der Waals surface area (Å²) in [5, 5.41) is 3.52. The number of hydrogen-bond donors (Lipinski definition) is 2. The average Bonchev–Trinajstić information content (AvgIpc) is 3.01. The maximum Gasteiger partial charge on any atom is 0.108 e. The Morgan fingerprint density at radius 2 is 2.00 bits per heavy atom. The predicted molar refractivity (Wildman–Crippen MR) is 78.2 cm³/mol. The molecular weight excluding hydrogens is 234 g/mol. The molecule has 0 amide bonds. The van der Waals surface area contributed by atoms with Crippen molar-refractivity contribution < 1.29 is 0 Å². The lowest BCUT2D eigenvalue weighted by atomic mass is 10.1. The zero-order valence-corrected chi connectivity index (χ0v) is 11.7. The Morgan fingerprint density at radius 3 is 2.68 bits per heavy atom. The van der Waals surface area contributed by atoms with Crippen molar-refractivity contribution in [2.75, 3.05) is 6.54 Å². The van der Waals surface area contributed by atoms with Crippen LogP contribution in [0, 0.1) is 13.8 Å². The molecule has 19 heavy (non-hydrogen) atoms. The molecule has 3 heteroatoms. The molecule has 0 bridgehead atoms. The standard InChI is InChI=1S/C16H21N3/c1-11-5-7-13(8-6-11)16-12(2)18-15(19-16)10-14-4-3-9-17-14/h5-8,14,17H,3-4,9-10H2,1-2H3,(H,18,19). The molecule has 2 aromatic rings. The van der Waals surface area contributed by atoms with Crippen LogP contribution in [0.5, 0.6) is 0 Å². The fraction of sp³-hybridized carbons (Fsp3) is 0.438. The molecule has 3 rings (SSSR count). The first kappa shape index (κ1) is 12.4. The number of aromatic nitrogens is 2. The van der Waals surface area contributed by atoms with Crippen molar-refractivity contribution in [3.8, 4) is 11.3 Å². The van der Waals surface area contributed by atoms with Gasteiger partial charge in [0.05, 0.1) is 5.69 Å². The van der Waals surface area contributed by atoms with E-state index in [1.165, 1.54) is 24.0 Å². The van der Waals surface area contributed by atoms with Crippen molar-refractivity contribution in [1.82, 2.24) is 15.3 Å². The van der Waals surface area contributed by atoms with E-state index in [0.29, 0.717) is 6.04 Å². The van der Waals surface area contributed by atoms with Crippen LogP contribution in [0.25, 0.3) is 11.3 Å². The maximum atomic E-state index is 4.78. The zero-order chi connectivity index (χ0) is 13.2. The van der Waals surface area contributed by atoms with E-state index in [-0.39, 0.29) is 0 Å². The molecule has 2 N–H and O–H groups in total. The summed E-state index contributed by atoms with van der Waals surface area (Å²) in [5.74, 6) is 1.10. The molecule has 2 heterocycles. The Bertz CT molecular complexity index is 548. The molecule has 0 spiro atoms. The van der Waals surface area contributed by atoms with Gasteiger partial charge >= 0.3 is 0 Å². The molecule has 100 valence electrons. The lowest BCUT2D eigenvalue weighted by Gasteiger charge is -2.06. The molecule has 1 fully saturated rings. The van der Waals surface area contributed by atoms with E-state index in [0.717, 1.165) is 30.2 Å². The van der Waals surface area contributed by atoms with E-state index in [1.54, 1.807) is 0 Å². The predicted octanol–water partition coefficient (Wildman–Crippen LogP) is 2.99. The van der Waals surface area contributed by atoms with E-state index < -0.39 is 0 Å². The van der Waals surface area contributed by atoms with Gasteiger partial charge in [-0.2, -0.15) is 0 Å². The third-order valence-electron chi connectivity index (χ3n) is 3.86. The second-order valence-electron chi connectivity index (χ2n) is 5.52. The van der Waals surface area contributed by atoms with E-state index in [4.69, 9.17) is 4.98 Å². The number of hydrogen-bond acceptors (Lipinski definition) is 2. The number of nitrogens with one attached hydrogen (secondary N) is 2. The van der Waals surface area contributed by atoms with Gasteiger partial charge in [-0.25, -0.2) is 4.98 Å². The highest BCUT2D eigenvalue weighted by Gasteiger charge is 2.17. The van der Waals surface area contributed by atoms with Crippen LogP contribution < -0.4 is 5.32 Å². The minimum absolute atomic E-state index is 0.594. The Balaban J connectivity index is 1.82. The van der Waals surface area contributed by atoms with Crippen LogP contribution in [-0.2, 0) is 6.42 Å². The average molecular weight is 255 g/mol. The van der Waals surface area contributed by atoms with Crippen molar-refractivity contribution in [1.29, 1.82) is 0 Å². The van der Waals surface area contributed by atoms with Crippen LogP contribution >= 0.6 is 0 Å². The Labute approximate surface area is 114 Å². The molecule has 1 aromatic heterocycles. The van der Waals surface area contributed by atoms with Crippen molar-refractivity contribution in [3.63, 3.8) is 0 Å². The molecule has 1 saturated heterocycles. The van der Waals surface area contributed by atoms with Crippen molar-refractivity contribution in [2.45, 2.75) is 39.2 Å². The van der Waals surface area contributed by atoms with E-state index in [2.05, 4.69) is 48.4 Å². The first-order chi connectivity index (χ1) is 9.22. The molecule has 0 saturated carbocycles. The van der Waals surface area contributed by atoms with Gasteiger partial charge in [0.25, 0.3) is 0 Å². The normalized spacial score (nSPS) is 18.9. The Kier molecular flexibility index (Phi) is 3.38. The SMILES string of the molecule is Cc1ccc(-c2nc(CC3CCCN3)[nH]c2C)cc1. The van der Waals surface area contributed by atoms with Crippen molar-refractivity contribution in [3.05, 3.63) is 41.3 Å². The fourth-order valence-electron chi connectivity index (χ4n) is 2.78. The summed E-state index contributed by atoms with van der Waals surface area (Å²) in [6.07, 6.45) is 3.56. The first-order valence-electron chi connectivity index (χ1n) is 7.08. The summed E-state index contributed by atoms with van der Waals surface area (Å²) < 4.78 is 0. The van der Waals surface area contributed by atoms with Gasteiger partial charge in [0.1, 0.15) is 5.82 Å². The number of aromatic amines is 1. The number of imidazole rings is 1. The van der Waals surface area contributed by atoms with Crippen molar-refractivity contribution in [2.24, 2.45) is 0 Å². The lowest BCUT2D eigenvalue weighted by molar-refractivity contribution is 0.588. The van der Waals surface area contributed by atoms with E-state index in [1.807, 2.05) is 0 Å². The largest absolute Gasteiger partial charge is 0.346 e. The molecule has 1 atom stereocenters. The number of nitrogens with zero attached hydrogens (tertiary/aromatic N) is 1. The molecule has 1 aliphatic heterocycles. The molecule has 3 nitrogen and oxygen atoms in total. The van der Waals surface area contributed by atoms with Gasteiger partial charge in [-0.05, 0) is 33.2 Å². The van der Waals surface area contributed by atoms with Gasteiger partial charge in [0, 0.05) is 23.7 Å². The number of benzene rings is 1. The fourth-order valence-corrected chi connectivity index (χ4v) is 2.78. The summed E-state index contributed by atoms with van der Waals surface area (Å²) in [7, 11) is 0. The second kappa shape index (κ2) is 5.17. The van der Waals surface area contributed by atoms with Crippen molar-refractivity contribution >= 4 is 0 Å². The monoisotopic (exact) mass is 255 g/mol. The minimum atomic E-state index is 0.594. The van der Waals surface area contributed by atoms with E-state index >= 15 is 0 Å². The summed E-state index contributed by atoms with van der Waals surface area (Å²) in [5.41, 5.74) is 4.74. The number of aryl methyl sites for hydroxylation is 2. The topological polar surface area (TPSA) is 40.7 Å². The Morgan fingerprint density at radius 1 is 1.21 bits per heavy atom. The van der Waals surface area contributed by atoms with Gasteiger partial charge in [-0.3, -0.25) is 0 Å². The molecule has 1 aromatic carbocycles. The van der Waals surface area contributed by atoms with Gasteiger partial charge in [-0.1, -0.05) is 29.8 Å². The summed E-state index contributed by atoms with van der Waals surface area (Å²) in [6, 6.07) is 9.17. The highest BCUT2D eigenvalue weighted by molar-refractivity contribution is 5.62.